The maximum atomic E-state index is 13.3. The first kappa shape index (κ1) is 28.2. The highest BCUT2D eigenvalue weighted by Gasteiger charge is 2.37. The molecule has 0 bridgehead atoms. The zero-order chi connectivity index (χ0) is 28.8. The number of hydrogen-bond acceptors (Lipinski definition) is 7. The summed E-state index contributed by atoms with van der Waals surface area (Å²) in [6.07, 6.45) is 1.35. The number of nitrogens with one attached hydrogen (secondary N) is 2. The van der Waals surface area contributed by atoms with Gasteiger partial charge in [-0.2, -0.15) is 0 Å². The number of carbonyl (C=O) groups excluding carboxylic acids is 4. The molecular formula is C29H26ClN3O7. The Balaban J connectivity index is 1.53. The van der Waals surface area contributed by atoms with Crippen LogP contribution in [-0.2, 0) is 14.4 Å². The zero-order valence-corrected chi connectivity index (χ0v) is 22.7. The largest absolute Gasteiger partial charge is 0.497 e. The monoisotopic (exact) mass is 563 g/mol. The summed E-state index contributed by atoms with van der Waals surface area (Å²) >= 11 is 6.08. The van der Waals surface area contributed by atoms with Crippen LogP contribution in [0.1, 0.15) is 18.1 Å². The summed E-state index contributed by atoms with van der Waals surface area (Å²) in [6.45, 7) is 3.50. The topological polar surface area (TPSA) is 123 Å². The lowest BCUT2D eigenvalue weighted by Crippen LogP contribution is -2.54. The van der Waals surface area contributed by atoms with Crippen molar-refractivity contribution >= 4 is 52.8 Å². The SMILES string of the molecule is CCOc1cc(/C=C2\C(=O)NC(=O)N(c3cc(Cl)ccc3C)C2=O)ccc1OCC(=O)Nc1ccc(OC)cc1. The standard InChI is InChI=1S/C29H26ClN3O7/c1-4-39-25-14-18(6-12-24(25)40-16-26(34)31-20-8-10-21(38-3)11-9-20)13-22-27(35)32-29(37)33(28(22)36)23-15-19(30)7-5-17(23)2/h5-15H,4,16H2,1-3H3,(H,31,34)(H,32,35,37)/b22-13+. The Morgan fingerprint density at radius 2 is 1.75 bits per heavy atom. The minimum atomic E-state index is -0.871. The molecule has 0 radical (unpaired) electrons. The lowest BCUT2D eigenvalue weighted by Gasteiger charge is -2.27. The van der Waals surface area contributed by atoms with E-state index in [4.69, 9.17) is 25.8 Å². The number of urea groups is 1. The lowest BCUT2D eigenvalue weighted by atomic mass is 10.1. The smallest absolute Gasteiger partial charge is 0.335 e. The molecule has 0 saturated carbocycles. The molecule has 0 aliphatic carbocycles. The van der Waals surface area contributed by atoms with Gasteiger partial charge < -0.3 is 19.5 Å². The van der Waals surface area contributed by atoms with Gasteiger partial charge in [-0.25, -0.2) is 9.69 Å². The number of methoxy groups -OCH3 is 1. The minimum Gasteiger partial charge on any atom is -0.497 e. The fraction of sp³-hybridized carbons (Fsp3) is 0.172. The van der Waals surface area contributed by atoms with Crippen molar-refractivity contribution in [2.45, 2.75) is 13.8 Å². The Labute approximate surface area is 235 Å². The second kappa shape index (κ2) is 12.4. The summed E-state index contributed by atoms with van der Waals surface area (Å²) in [5.41, 5.74) is 1.65. The van der Waals surface area contributed by atoms with Crippen molar-refractivity contribution in [3.8, 4) is 17.2 Å². The van der Waals surface area contributed by atoms with Crippen molar-refractivity contribution in [3.63, 3.8) is 0 Å². The van der Waals surface area contributed by atoms with Gasteiger partial charge in [0.1, 0.15) is 11.3 Å². The molecule has 2 N–H and O–H groups in total. The van der Waals surface area contributed by atoms with E-state index in [1.165, 1.54) is 12.1 Å². The predicted molar refractivity (Wildman–Crippen MR) is 150 cm³/mol. The molecule has 4 rings (SSSR count). The molecule has 40 heavy (non-hydrogen) atoms. The number of ether oxygens (including phenoxy) is 3. The molecule has 0 atom stereocenters. The van der Waals surface area contributed by atoms with Crippen molar-refractivity contribution < 1.29 is 33.4 Å². The average Bonchev–Trinajstić information content (AvgIpc) is 2.93. The molecular weight excluding hydrogens is 538 g/mol. The number of benzene rings is 3. The number of halogens is 1. The van der Waals surface area contributed by atoms with Gasteiger partial charge in [-0.1, -0.05) is 23.7 Å². The third-order valence-electron chi connectivity index (χ3n) is 5.82. The Morgan fingerprint density at radius 1 is 1.00 bits per heavy atom. The van der Waals surface area contributed by atoms with E-state index in [0.29, 0.717) is 45.7 Å². The average molecular weight is 564 g/mol. The molecule has 0 aromatic heterocycles. The molecule has 1 fully saturated rings. The van der Waals surface area contributed by atoms with E-state index in [-0.39, 0.29) is 23.8 Å². The van der Waals surface area contributed by atoms with Crippen molar-refractivity contribution in [2.24, 2.45) is 0 Å². The second-order valence-electron chi connectivity index (χ2n) is 8.59. The molecule has 10 nitrogen and oxygen atoms in total. The van der Waals surface area contributed by atoms with Crippen molar-refractivity contribution in [1.82, 2.24) is 5.32 Å². The van der Waals surface area contributed by atoms with Gasteiger partial charge in [0.15, 0.2) is 18.1 Å². The molecule has 0 unspecified atom stereocenters. The number of amides is 5. The first-order valence-corrected chi connectivity index (χ1v) is 12.6. The molecule has 11 heteroatoms. The number of nitrogens with zero attached hydrogens (tertiary/aromatic N) is 1. The second-order valence-corrected chi connectivity index (χ2v) is 9.03. The van der Waals surface area contributed by atoms with Gasteiger partial charge in [0.2, 0.25) is 0 Å². The van der Waals surface area contributed by atoms with Gasteiger partial charge >= 0.3 is 6.03 Å². The summed E-state index contributed by atoms with van der Waals surface area (Å²) in [5, 5.41) is 5.25. The molecule has 206 valence electrons. The number of carbonyl (C=O) groups is 4. The first-order valence-electron chi connectivity index (χ1n) is 12.2. The Bertz CT molecular complexity index is 1500. The van der Waals surface area contributed by atoms with E-state index >= 15 is 0 Å². The highest BCUT2D eigenvalue weighted by atomic mass is 35.5. The van der Waals surface area contributed by atoms with Crippen LogP contribution in [-0.4, -0.2) is 44.1 Å². The summed E-state index contributed by atoms with van der Waals surface area (Å²) in [5.74, 6) is -0.760. The fourth-order valence-corrected chi connectivity index (χ4v) is 4.05. The Hall–Kier alpha value is -4.83. The maximum absolute atomic E-state index is 13.3. The number of imide groups is 2. The van der Waals surface area contributed by atoms with E-state index < -0.39 is 17.8 Å². The van der Waals surface area contributed by atoms with E-state index in [1.807, 2.05) is 0 Å². The minimum absolute atomic E-state index is 0.256. The third kappa shape index (κ3) is 6.41. The van der Waals surface area contributed by atoms with Crippen LogP contribution in [0.2, 0.25) is 5.02 Å². The Morgan fingerprint density at radius 3 is 2.45 bits per heavy atom. The van der Waals surface area contributed by atoms with Gasteiger partial charge in [0.25, 0.3) is 17.7 Å². The number of anilines is 2. The predicted octanol–water partition coefficient (Wildman–Crippen LogP) is 4.74. The van der Waals surface area contributed by atoms with Crippen molar-refractivity contribution in [3.05, 3.63) is 82.4 Å². The van der Waals surface area contributed by atoms with Gasteiger partial charge in [-0.15, -0.1) is 0 Å². The quantitative estimate of drug-likeness (QED) is 0.285. The normalized spacial score (nSPS) is 14.2. The van der Waals surface area contributed by atoms with Gasteiger partial charge in [-0.3, -0.25) is 19.7 Å². The van der Waals surface area contributed by atoms with Crippen LogP contribution in [0.3, 0.4) is 0 Å². The van der Waals surface area contributed by atoms with Crippen LogP contribution in [0.5, 0.6) is 17.2 Å². The van der Waals surface area contributed by atoms with E-state index in [0.717, 1.165) is 4.90 Å². The highest BCUT2D eigenvalue weighted by Crippen LogP contribution is 2.31. The molecule has 1 aliphatic rings. The van der Waals surface area contributed by atoms with Gasteiger partial charge in [0, 0.05) is 10.7 Å². The molecule has 1 heterocycles. The molecule has 3 aromatic rings. The van der Waals surface area contributed by atoms with Crippen LogP contribution < -0.4 is 29.7 Å². The number of barbiturate groups is 1. The van der Waals surface area contributed by atoms with Crippen LogP contribution in [0, 0.1) is 6.92 Å². The highest BCUT2D eigenvalue weighted by molar-refractivity contribution is 6.39. The van der Waals surface area contributed by atoms with Crippen LogP contribution in [0.25, 0.3) is 6.08 Å². The van der Waals surface area contributed by atoms with Crippen LogP contribution in [0.4, 0.5) is 16.2 Å². The fourth-order valence-electron chi connectivity index (χ4n) is 3.88. The molecule has 5 amide bonds. The van der Waals surface area contributed by atoms with Gasteiger partial charge in [0.05, 0.1) is 19.4 Å². The summed E-state index contributed by atoms with van der Waals surface area (Å²) in [6, 6.07) is 15.5. The third-order valence-corrected chi connectivity index (χ3v) is 6.06. The van der Waals surface area contributed by atoms with Crippen molar-refractivity contribution in [1.29, 1.82) is 0 Å². The summed E-state index contributed by atoms with van der Waals surface area (Å²) in [7, 11) is 1.55. The molecule has 0 spiro atoms. The summed E-state index contributed by atoms with van der Waals surface area (Å²) in [4.78, 5) is 51.7. The van der Waals surface area contributed by atoms with E-state index in [1.54, 1.807) is 75.6 Å². The molecule has 3 aromatic carbocycles. The summed E-state index contributed by atoms with van der Waals surface area (Å²) < 4.78 is 16.4. The number of rotatable bonds is 9. The van der Waals surface area contributed by atoms with Crippen molar-refractivity contribution in [2.75, 3.05) is 30.5 Å². The lowest BCUT2D eigenvalue weighted by molar-refractivity contribution is -0.122. The number of aryl methyl sites for hydroxylation is 1. The van der Waals surface area contributed by atoms with E-state index in [9.17, 15) is 19.2 Å². The van der Waals surface area contributed by atoms with Crippen LogP contribution >= 0.6 is 11.6 Å². The van der Waals surface area contributed by atoms with Crippen LogP contribution in [0.15, 0.2) is 66.2 Å². The Kier molecular flexibility index (Phi) is 8.70. The first-order chi connectivity index (χ1) is 19.2. The molecule has 1 aliphatic heterocycles. The maximum Gasteiger partial charge on any atom is 0.335 e. The van der Waals surface area contributed by atoms with Gasteiger partial charge in [-0.05, 0) is 79.6 Å². The van der Waals surface area contributed by atoms with E-state index in [2.05, 4.69) is 10.6 Å². The number of hydrogen-bond donors (Lipinski definition) is 2. The zero-order valence-electron chi connectivity index (χ0n) is 21.9. The molecule has 1 saturated heterocycles.